The summed E-state index contributed by atoms with van der Waals surface area (Å²) < 4.78 is 0. The summed E-state index contributed by atoms with van der Waals surface area (Å²) >= 11 is 0. The van der Waals surface area contributed by atoms with Gasteiger partial charge in [0.1, 0.15) is 0 Å². The Hall–Kier alpha value is -0.120. The Balaban J connectivity index is 1.64. The second-order valence-corrected chi connectivity index (χ2v) is 6.09. The zero-order valence-corrected chi connectivity index (χ0v) is 11.6. The predicted octanol–water partition coefficient (Wildman–Crippen LogP) is 1.39. The van der Waals surface area contributed by atoms with Crippen molar-refractivity contribution in [1.82, 2.24) is 9.80 Å². The third kappa shape index (κ3) is 4.23. The van der Waals surface area contributed by atoms with Crippen molar-refractivity contribution in [2.75, 3.05) is 39.3 Å². The summed E-state index contributed by atoms with van der Waals surface area (Å²) in [6.45, 7) is 11.9. The number of piperazine rings is 1. The van der Waals surface area contributed by atoms with Crippen LogP contribution < -0.4 is 5.73 Å². The molecule has 0 spiro atoms. The second-order valence-electron chi connectivity index (χ2n) is 6.09. The molecule has 0 aromatic carbocycles. The van der Waals surface area contributed by atoms with Crippen LogP contribution in [0.25, 0.3) is 0 Å². The molecule has 1 heterocycles. The van der Waals surface area contributed by atoms with Gasteiger partial charge < -0.3 is 10.6 Å². The molecule has 17 heavy (non-hydrogen) atoms. The van der Waals surface area contributed by atoms with Crippen LogP contribution in [0, 0.1) is 11.8 Å². The molecule has 1 aliphatic heterocycles. The van der Waals surface area contributed by atoms with Crippen LogP contribution in [0.1, 0.15) is 33.1 Å². The van der Waals surface area contributed by atoms with Gasteiger partial charge in [-0.2, -0.15) is 0 Å². The molecule has 0 aromatic heterocycles. The first-order valence-electron chi connectivity index (χ1n) is 7.39. The minimum Gasteiger partial charge on any atom is -0.326 e. The van der Waals surface area contributed by atoms with E-state index in [1.807, 2.05) is 0 Å². The maximum atomic E-state index is 6.23. The van der Waals surface area contributed by atoms with Gasteiger partial charge in [-0.3, -0.25) is 4.90 Å². The molecular weight excluding hydrogens is 210 g/mol. The average molecular weight is 239 g/mol. The molecule has 0 aromatic rings. The van der Waals surface area contributed by atoms with Gasteiger partial charge in [-0.1, -0.05) is 20.3 Å². The molecule has 1 aliphatic carbocycles. The van der Waals surface area contributed by atoms with Gasteiger partial charge in [-0.15, -0.1) is 0 Å². The SMILES string of the molecule is CCC(C)C(N)CN1CCN(CC2CC2)CC1. The monoisotopic (exact) mass is 239 g/mol. The van der Waals surface area contributed by atoms with E-state index in [9.17, 15) is 0 Å². The molecule has 100 valence electrons. The van der Waals surface area contributed by atoms with E-state index in [1.54, 1.807) is 0 Å². The van der Waals surface area contributed by atoms with Crippen molar-refractivity contribution >= 4 is 0 Å². The molecule has 3 heteroatoms. The molecule has 1 saturated carbocycles. The number of nitrogens with two attached hydrogens (primary N) is 1. The lowest BCUT2D eigenvalue weighted by molar-refractivity contribution is 0.117. The van der Waals surface area contributed by atoms with E-state index in [0.29, 0.717) is 12.0 Å². The Kier molecular flexibility index (Phi) is 4.83. The van der Waals surface area contributed by atoms with Crippen molar-refractivity contribution in [3.8, 4) is 0 Å². The van der Waals surface area contributed by atoms with Gasteiger partial charge in [0.15, 0.2) is 0 Å². The summed E-state index contributed by atoms with van der Waals surface area (Å²) in [6.07, 6.45) is 4.14. The van der Waals surface area contributed by atoms with E-state index >= 15 is 0 Å². The van der Waals surface area contributed by atoms with Crippen molar-refractivity contribution in [2.45, 2.75) is 39.2 Å². The second kappa shape index (κ2) is 6.17. The van der Waals surface area contributed by atoms with Gasteiger partial charge in [-0.05, 0) is 24.7 Å². The van der Waals surface area contributed by atoms with E-state index in [1.165, 1.54) is 52.0 Å². The summed E-state index contributed by atoms with van der Waals surface area (Å²) in [5, 5.41) is 0. The lowest BCUT2D eigenvalue weighted by Crippen LogP contribution is -2.51. The maximum Gasteiger partial charge on any atom is 0.0193 e. The Morgan fingerprint density at radius 3 is 2.24 bits per heavy atom. The molecule has 1 saturated heterocycles. The molecule has 2 atom stereocenters. The number of nitrogens with zero attached hydrogens (tertiary/aromatic N) is 2. The normalized spacial score (nSPS) is 27.0. The highest BCUT2D eigenvalue weighted by Gasteiger charge is 2.26. The summed E-state index contributed by atoms with van der Waals surface area (Å²) in [7, 11) is 0. The van der Waals surface area contributed by atoms with Crippen LogP contribution in [-0.2, 0) is 0 Å². The maximum absolute atomic E-state index is 6.23. The molecule has 2 N–H and O–H groups in total. The average Bonchev–Trinajstić information content (AvgIpc) is 3.14. The Morgan fingerprint density at radius 2 is 1.71 bits per heavy atom. The first-order chi connectivity index (χ1) is 8.19. The molecule has 2 aliphatic rings. The first-order valence-corrected chi connectivity index (χ1v) is 7.39. The van der Waals surface area contributed by atoms with E-state index in [-0.39, 0.29) is 0 Å². The first kappa shape index (κ1) is 13.3. The van der Waals surface area contributed by atoms with Gasteiger partial charge in [-0.25, -0.2) is 0 Å². The lowest BCUT2D eigenvalue weighted by atomic mass is 9.99. The van der Waals surface area contributed by atoms with E-state index < -0.39 is 0 Å². The molecule has 3 nitrogen and oxygen atoms in total. The van der Waals surface area contributed by atoms with Gasteiger partial charge in [0, 0.05) is 45.3 Å². The van der Waals surface area contributed by atoms with Gasteiger partial charge in [0.05, 0.1) is 0 Å². The largest absolute Gasteiger partial charge is 0.326 e. The van der Waals surface area contributed by atoms with Crippen LogP contribution in [0.3, 0.4) is 0 Å². The fourth-order valence-corrected chi connectivity index (χ4v) is 2.60. The Labute approximate surface area is 106 Å². The van der Waals surface area contributed by atoms with Crippen molar-refractivity contribution in [3.63, 3.8) is 0 Å². The zero-order chi connectivity index (χ0) is 12.3. The van der Waals surface area contributed by atoms with Crippen molar-refractivity contribution in [1.29, 1.82) is 0 Å². The van der Waals surface area contributed by atoms with E-state index in [0.717, 1.165) is 12.5 Å². The molecular formula is C14H29N3. The van der Waals surface area contributed by atoms with Crippen LogP contribution in [0.2, 0.25) is 0 Å². The third-order valence-electron chi connectivity index (χ3n) is 4.52. The summed E-state index contributed by atoms with van der Waals surface area (Å²) in [6, 6.07) is 0.356. The molecule has 2 rings (SSSR count). The highest BCUT2D eigenvalue weighted by molar-refractivity contribution is 4.82. The minimum atomic E-state index is 0.356. The predicted molar refractivity (Wildman–Crippen MR) is 73.0 cm³/mol. The van der Waals surface area contributed by atoms with Crippen LogP contribution in [0.15, 0.2) is 0 Å². The Bertz CT molecular complexity index is 220. The van der Waals surface area contributed by atoms with E-state index in [2.05, 4.69) is 23.6 Å². The van der Waals surface area contributed by atoms with Crippen molar-refractivity contribution in [3.05, 3.63) is 0 Å². The topological polar surface area (TPSA) is 32.5 Å². The summed E-state index contributed by atoms with van der Waals surface area (Å²) in [5.41, 5.74) is 6.23. The molecule has 0 radical (unpaired) electrons. The quantitative estimate of drug-likeness (QED) is 0.760. The van der Waals surface area contributed by atoms with Gasteiger partial charge >= 0.3 is 0 Å². The van der Waals surface area contributed by atoms with Gasteiger partial charge in [0.25, 0.3) is 0 Å². The van der Waals surface area contributed by atoms with Crippen molar-refractivity contribution in [2.24, 2.45) is 17.6 Å². The minimum absolute atomic E-state index is 0.356. The highest BCUT2D eigenvalue weighted by Crippen LogP contribution is 2.29. The number of rotatable bonds is 6. The summed E-state index contributed by atoms with van der Waals surface area (Å²) in [5.74, 6) is 1.68. The molecule has 2 unspecified atom stereocenters. The van der Waals surface area contributed by atoms with Crippen LogP contribution in [0.5, 0.6) is 0 Å². The fourth-order valence-electron chi connectivity index (χ4n) is 2.60. The zero-order valence-electron chi connectivity index (χ0n) is 11.6. The van der Waals surface area contributed by atoms with E-state index in [4.69, 9.17) is 5.73 Å². The number of hydrogen-bond donors (Lipinski definition) is 1. The summed E-state index contributed by atoms with van der Waals surface area (Å²) in [4.78, 5) is 5.20. The van der Waals surface area contributed by atoms with Crippen LogP contribution in [-0.4, -0.2) is 55.1 Å². The smallest absolute Gasteiger partial charge is 0.0193 e. The lowest BCUT2D eigenvalue weighted by Gasteiger charge is -2.36. The molecule has 2 fully saturated rings. The van der Waals surface area contributed by atoms with Crippen LogP contribution >= 0.6 is 0 Å². The standard InChI is InChI=1S/C14H29N3/c1-3-12(2)14(15)11-17-8-6-16(7-9-17)10-13-4-5-13/h12-14H,3-11,15H2,1-2H3. The Morgan fingerprint density at radius 1 is 1.12 bits per heavy atom. The fraction of sp³-hybridized carbons (Fsp3) is 1.00. The number of hydrogen-bond acceptors (Lipinski definition) is 3. The molecule has 0 bridgehead atoms. The van der Waals surface area contributed by atoms with Gasteiger partial charge in [0.2, 0.25) is 0 Å². The third-order valence-corrected chi connectivity index (χ3v) is 4.52. The highest BCUT2D eigenvalue weighted by atomic mass is 15.3. The van der Waals surface area contributed by atoms with Crippen LogP contribution in [0.4, 0.5) is 0 Å². The molecule has 0 amide bonds. The van der Waals surface area contributed by atoms with Crippen molar-refractivity contribution < 1.29 is 0 Å².